The lowest BCUT2D eigenvalue weighted by molar-refractivity contribution is -0.148. The molecule has 3 amide bonds. The molecule has 7 nitrogen and oxygen atoms in total. The number of alkyl halides is 3. The summed E-state index contributed by atoms with van der Waals surface area (Å²) in [7, 11) is 0. The maximum absolute atomic E-state index is 13.2. The number of piperidine rings is 1. The van der Waals surface area contributed by atoms with Crippen molar-refractivity contribution in [3.63, 3.8) is 0 Å². The highest BCUT2D eigenvalue weighted by Crippen LogP contribution is 2.30. The van der Waals surface area contributed by atoms with Gasteiger partial charge in [-0.2, -0.15) is 13.2 Å². The Morgan fingerprint density at radius 3 is 2.28 bits per heavy atom. The highest BCUT2D eigenvalue weighted by molar-refractivity contribution is 5.98. The fraction of sp³-hybridized carbons (Fsp3) is 0.591. The molecule has 0 radical (unpaired) electrons. The van der Waals surface area contributed by atoms with Gasteiger partial charge in [-0.25, -0.2) is 0 Å². The van der Waals surface area contributed by atoms with Gasteiger partial charge in [0.15, 0.2) is 0 Å². The number of likely N-dealkylation sites (tertiary alicyclic amines) is 2. The first-order chi connectivity index (χ1) is 15.3. The van der Waals surface area contributed by atoms with Gasteiger partial charge in [0.05, 0.1) is 12.2 Å². The van der Waals surface area contributed by atoms with E-state index in [4.69, 9.17) is 4.74 Å². The molecule has 1 atom stereocenters. The number of hydrogen-bond acceptors (Lipinski definition) is 4. The second-order valence-corrected chi connectivity index (χ2v) is 8.43. The molecule has 174 valence electrons. The summed E-state index contributed by atoms with van der Waals surface area (Å²) in [6, 6.07) is 3.58. The van der Waals surface area contributed by atoms with Crippen LogP contribution in [0.5, 0.6) is 0 Å². The smallest absolute Gasteiger partial charge is 0.370 e. The predicted molar refractivity (Wildman–Crippen MR) is 108 cm³/mol. The van der Waals surface area contributed by atoms with Crippen molar-refractivity contribution in [2.45, 2.75) is 43.9 Å². The Hall–Kier alpha value is -2.62. The molecule has 0 aliphatic carbocycles. The van der Waals surface area contributed by atoms with Crippen molar-refractivity contribution < 1.29 is 32.3 Å². The molecule has 0 bridgehead atoms. The summed E-state index contributed by atoms with van der Waals surface area (Å²) in [5, 5.41) is 0. The lowest BCUT2D eigenvalue weighted by atomic mass is 10.0. The minimum absolute atomic E-state index is 0.0230. The molecule has 0 N–H and O–H groups in total. The van der Waals surface area contributed by atoms with E-state index >= 15 is 0 Å². The highest BCUT2D eigenvalue weighted by atomic mass is 19.4. The van der Waals surface area contributed by atoms with E-state index in [0.29, 0.717) is 58.5 Å². The van der Waals surface area contributed by atoms with Crippen LogP contribution in [0, 0.1) is 0 Å². The van der Waals surface area contributed by atoms with Gasteiger partial charge in [0.1, 0.15) is 12.6 Å². The SMILES string of the molecule is O=C(C1CCCN1C(=O)c1ccc(C(F)(F)F)cc1)N1CCC(N2CCOCC2=O)CC1. The van der Waals surface area contributed by atoms with Crippen LogP contribution < -0.4 is 0 Å². The minimum atomic E-state index is -4.47. The number of nitrogens with zero attached hydrogens (tertiary/aromatic N) is 3. The molecule has 3 heterocycles. The Morgan fingerprint density at radius 1 is 0.969 bits per heavy atom. The van der Waals surface area contributed by atoms with Crippen molar-refractivity contribution in [1.29, 1.82) is 0 Å². The number of ether oxygens (including phenoxy) is 1. The second kappa shape index (κ2) is 9.09. The molecular formula is C22H26F3N3O4. The van der Waals surface area contributed by atoms with E-state index in [1.165, 1.54) is 4.90 Å². The molecule has 0 aromatic heterocycles. The zero-order valence-corrected chi connectivity index (χ0v) is 17.6. The van der Waals surface area contributed by atoms with Gasteiger partial charge < -0.3 is 19.4 Å². The lowest BCUT2D eigenvalue weighted by Crippen LogP contribution is -2.55. The van der Waals surface area contributed by atoms with Crippen molar-refractivity contribution in [2.24, 2.45) is 0 Å². The van der Waals surface area contributed by atoms with Crippen LogP contribution in [0.1, 0.15) is 41.6 Å². The van der Waals surface area contributed by atoms with Gasteiger partial charge in [0.2, 0.25) is 11.8 Å². The number of halogens is 3. The Balaban J connectivity index is 1.37. The van der Waals surface area contributed by atoms with E-state index in [1.807, 2.05) is 4.90 Å². The summed E-state index contributed by atoms with van der Waals surface area (Å²) < 4.78 is 43.5. The van der Waals surface area contributed by atoms with Crippen LogP contribution in [-0.4, -0.2) is 83.9 Å². The maximum atomic E-state index is 13.2. The molecule has 1 aromatic rings. The number of amides is 3. The molecule has 10 heteroatoms. The third kappa shape index (κ3) is 4.60. The summed E-state index contributed by atoms with van der Waals surface area (Å²) in [5.41, 5.74) is -0.674. The predicted octanol–water partition coefficient (Wildman–Crippen LogP) is 2.16. The standard InChI is InChI=1S/C22H26F3N3O4/c23-22(24,25)16-5-3-15(4-6-16)20(30)28-9-1-2-18(28)21(31)26-10-7-17(8-11-26)27-12-13-32-14-19(27)29/h3-6,17-18H,1-2,7-14H2. The second-order valence-electron chi connectivity index (χ2n) is 8.43. The summed E-state index contributed by atoms with van der Waals surface area (Å²) >= 11 is 0. The maximum Gasteiger partial charge on any atom is 0.416 e. The van der Waals surface area contributed by atoms with Crippen molar-refractivity contribution >= 4 is 17.7 Å². The minimum Gasteiger partial charge on any atom is -0.370 e. The summed E-state index contributed by atoms with van der Waals surface area (Å²) in [6.07, 6.45) is -1.91. The van der Waals surface area contributed by atoms with Crippen LogP contribution in [0.25, 0.3) is 0 Å². The molecule has 3 aliphatic rings. The molecule has 4 rings (SSSR count). The van der Waals surface area contributed by atoms with Crippen LogP contribution in [0.15, 0.2) is 24.3 Å². The van der Waals surface area contributed by atoms with Gasteiger partial charge >= 0.3 is 6.18 Å². The molecule has 3 saturated heterocycles. The first-order valence-electron chi connectivity index (χ1n) is 10.9. The largest absolute Gasteiger partial charge is 0.416 e. The molecular weight excluding hydrogens is 427 g/mol. The van der Waals surface area contributed by atoms with E-state index in [0.717, 1.165) is 24.3 Å². The Morgan fingerprint density at radius 2 is 1.66 bits per heavy atom. The lowest BCUT2D eigenvalue weighted by Gasteiger charge is -2.41. The summed E-state index contributed by atoms with van der Waals surface area (Å²) in [6.45, 7) is 2.60. The van der Waals surface area contributed by atoms with E-state index < -0.39 is 23.7 Å². The van der Waals surface area contributed by atoms with Crippen LogP contribution in [-0.2, 0) is 20.5 Å². The third-order valence-electron chi connectivity index (χ3n) is 6.50. The Labute approximate surface area is 184 Å². The zero-order chi connectivity index (χ0) is 22.9. The summed E-state index contributed by atoms with van der Waals surface area (Å²) in [5.74, 6) is -0.581. The molecule has 1 aromatic carbocycles. The monoisotopic (exact) mass is 453 g/mol. The van der Waals surface area contributed by atoms with Crippen molar-refractivity contribution in [1.82, 2.24) is 14.7 Å². The first kappa shape index (κ1) is 22.6. The van der Waals surface area contributed by atoms with Crippen molar-refractivity contribution in [3.8, 4) is 0 Å². The van der Waals surface area contributed by atoms with E-state index in [2.05, 4.69) is 0 Å². The summed E-state index contributed by atoms with van der Waals surface area (Å²) in [4.78, 5) is 43.2. The zero-order valence-electron chi connectivity index (χ0n) is 17.6. The molecule has 0 saturated carbocycles. The Bertz CT molecular complexity index is 866. The van der Waals surface area contributed by atoms with Crippen LogP contribution >= 0.6 is 0 Å². The number of hydrogen-bond donors (Lipinski definition) is 0. The number of carbonyl (C=O) groups excluding carboxylic acids is 3. The number of carbonyl (C=O) groups is 3. The van der Waals surface area contributed by atoms with Gasteiger partial charge in [-0.05, 0) is 49.9 Å². The fourth-order valence-corrected chi connectivity index (χ4v) is 4.76. The topological polar surface area (TPSA) is 70.2 Å². The number of rotatable bonds is 3. The fourth-order valence-electron chi connectivity index (χ4n) is 4.76. The first-order valence-corrected chi connectivity index (χ1v) is 10.9. The van der Waals surface area contributed by atoms with Gasteiger partial charge in [-0.1, -0.05) is 0 Å². The average molecular weight is 453 g/mol. The number of benzene rings is 1. The quantitative estimate of drug-likeness (QED) is 0.704. The van der Waals surface area contributed by atoms with Crippen LogP contribution in [0.3, 0.4) is 0 Å². The van der Waals surface area contributed by atoms with Crippen molar-refractivity contribution in [3.05, 3.63) is 35.4 Å². The van der Waals surface area contributed by atoms with Gasteiger partial charge in [0.25, 0.3) is 5.91 Å². The molecule has 3 fully saturated rings. The van der Waals surface area contributed by atoms with Crippen LogP contribution in [0.4, 0.5) is 13.2 Å². The molecule has 1 unspecified atom stereocenters. The van der Waals surface area contributed by atoms with E-state index in [1.54, 1.807) is 4.90 Å². The highest BCUT2D eigenvalue weighted by Gasteiger charge is 2.39. The van der Waals surface area contributed by atoms with Crippen molar-refractivity contribution in [2.75, 3.05) is 39.4 Å². The van der Waals surface area contributed by atoms with Gasteiger partial charge in [-0.3, -0.25) is 14.4 Å². The molecule has 0 spiro atoms. The van der Waals surface area contributed by atoms with E-state index in [9.17, 15) is 27.6 Å². The third-order valence-corrected chi connectivity index (χ3v) is 6.50. The van der Waals surface area contributed by atoms with Gasteiger partial charge in [-0.15, -0.1) is 0 Å². The Kier molecular flexibility index (Phi) is 6.41. The average Bonchev–Trinajstić information content (AvgIpc) is 3.28. The molecule has 3 aliphatic heterocycles. The molecule has 32 heavy (non-hydrogen) atoms. The normalized spacial score (nSPS) is 23.0. The van der Waals surface area contributed by atoms with E-state index in [-0.39, 0.29) is 30.0 Å². The van der Waals surface area contributed by atoms with Gasteiger partial charge in [0, 0.05) is 37.8 Å². The number of morpholine rings is 1. The van der Waals surface area contributed by atoms with Crippen LogP contribution in [0.2, 0.25) is 0 Å².